The van der Waals surface area contributed by atoms with Gasteiger partial charge >= 0.3 is 5.97 Å². The van der Waals surface area contributed by atoms with Crippen molar-refractivity contribution >= 4 is 28.9 Å². The fraction of sp³-hybridized carbons (Fsp3) is 0.250. The van der Waals surface area contributed by atoms with Crippen molar-refractivity contribution in [2.45, 2.75) is 12.8 Å². The number of anilines is 1. The van der Waals surface area contributed by atoms with Gasteiger partial charge in [-0.3, -0.25) is 4.79 Å². The summed E-state index contributed by atoms with van der Waals surface area (Å²) in [6.45, 7) is 0.463. The second kappa shape index (κ2) is 8.19. The molecule has 1 amide bonds. The van der Waals surface area contributed by atoms with Crippen molar-refractivity contribution in [2.24, 2.45) is 0 Å². The number of hydrogen-bond acceptors (Lipinski definition) is 5. The standard InChI is InChI=1S/C16H17NO4S/c1-20-16(19)15-13(9-11-22-15)17-14(18)8-5-10-21-12-6-3-2-4-7-12/h2-4,6-7,9,11H,5,8,10H2,1H3,(H,17,18). The molecule has 0 aliphatic rings. The van der Waals surface area contributed by atoms with E-state index in [9.17, 15) is 9.59 Å². The summed E-state index contributed by atoms with van der Waals surface area (Å²) in [7, 11) is 1.31. The first-order chi connectivity index (χ1) is 10.7. The molecule has 116 valence electrons. The van der Waals surface area contributed by atoms with E-state index in [1.54, 1.807) is 11.4 Å². The molecule has 0 saturated heterocycles. The third-order valence-corrected chi connectivity index (χ3v) is 3.76. The van der Waals surface area contributed by atoms with Crippen LogP contribution in [-0.4, -0.2) is 25.6 Å². The molecule has 0 fully saturated rings. The molecule has 0 saturated carbocycles. The molecule has 0 unspecified atom stereocenters. The Morgan fingerprint density at radius 2 is 1.95 bits per heavy atom. The van der Waals surface area contributed by atoms with E-state index in [0.29, 0.717) is 30.0 Å². The number of thiophene rings is 1. The van der Waals surface area contributed by atoms with Crippen LogP contribution in [0.5, 0.6) is 5.75 Å². The van der Waals surface area contributed by atoms with Crippen LogP contribution in [0, 0.1) is 0 Å². The summed E-state index contributed by atoms with van der Waals surface area (Å²) in [5.41, 5.74) is 0.492. The van der Waals surface area contributed by atoms with Gasteiger partial charge in [0, 0.05) is 6.42 Å². The lowest BCUT2D eigenvalue weighted by atomic mass is 10.3. The molecule has 0 bridgehead atoms. The van der Waals surface area contributed by atoms with Crippen LogP contribution in [0.3, 0.4) is 0 Å². The Kier molecular flexibility index (Phi) is 5.97. The summed E-state index contributed by atoms with van der Waals surface area (Å²) in [5.74, 6) is 0.187. The lowest BCUT2D eigenvalue weighted by Gasteiger charge is -2.07. The molecule has 2 aromatic rings. The summed E-state index contributed by atoms with van der Waals surface area (Å²) in [6.07, 6.45) is 0.918. The van der Waals surface area contributed by atoms with E-state index in [1.165, 1.54) is 18.4 Å². The lowest BCUT2D eigenvalue weighted by Crippen LogP contribution is -2.14. The first kappa shape index (κ1) is 16.0. The number of carbonyl (C=O) groups excluding carboxylic acids is 2. The van der Waals surface area contributed by atoms with Gasteiger partial charge in [-0.15, -0.1) is 11.3 Å². The van der Waals surface area contributed by atoms with Gasteiger partial charge in [-0.2, -0.15) is 0 Å². The zero-order valence-corrected chi connectivity index (χ0v) is 13.0. The van der Waals surface area contributed by atoms with Gasteiger partial charge in [0.25, 0.3) is 0 Å². The fourth-order valence-corrected chi connectivity index (χ4v) is 2.58. The van der Waals surface area contributed by atoms with E-state index in [1.807, 2.05) is 30.3 Å². The lowest BCUT2D eigenvalue weighted by molar-refractivity contribution is -0.116. The Morgan fingerprint density at radius 3 is 2.68 bits per heavy atom. The second-order valence-corrected chi connectivity index (χ2v) is 5.38. The van der Waals surface area contributed by atoms with Gasteiger partial charge in [-0.1, -0.05) is 18.2 Å². The smallest absolute Gasteiger partial charge is 0.350 e. The van der Waals surface area contributed by atoms with Crippen molar-refractivity contribution in [1.82, 2.24) is 0 Å². The van der Waals surface area contributed by atoms with Crippen LogP contribution in [-0.2, 0) is 9.53 Å². The van der Waals surface area contributed by atoms with Gasteiger partial charge in [0.05, 0.1) is 19.4 Å². The number of nitrogens with one attached hydrogen (secondary N) is 1. The maximum Gasteiger partial charge on any atom is 0.350 e. The highest BCUT2D eigenvalue weighted by Crippen LogP contribution is 2.23. The molecule has 0 aliphatic carbocycles. The third-order valence-electron chi connectivity index (χ3n) is 2.87. The van der Waals surface area contributed by atoms with Crippen LogP contribution < -0.4 is 10.1 Å². The average Bonchev–Trinajstić information content (AvgIpc) is 3.00. The van der Waals surface area contributed by atoms with Crippen LogP contribution in [0.15, 0.2) is 41.8 Å². The van der Waals surface area contributed by atoms with Gasteiger partial charge in [0.15, 0.2) is 0 Å². The fourth-order valence-electron chi connectivity index (χ4n) is 1.81. The van der Waals surface area contributed by atoms with Crippen LogP contribution in [0.25, 0.3) is 0 Å². The van der Waals surface area contributed by atoms with Gasteiger partial charge < -0.3 is 14.8 Å². The Bertz CT molecular complexity index is 624. The van der Waals surface area contributed by atoms with Crippen LogP contribution in [0.1, 0.15) is 22.5 Å². The minimum atomic E-state index is -0.447. The molecule has 0 aliphatic heterocycles. The van der Waals surface area contributed by atoms with Gasteiger partial charge in [0.2, 0.25) is 5.91 Å². The third kappa shape index (κ3) is 4.60. The summed E-state index contributed by atoms with van der Waals surface area (Å²) in [5, 5.41) is 4.46. The molecule has 1 aromatic carbocycles. The molecule has 2 rings (SSSR count). The summed E-state index contributed by atoms with van der Waals surface area (Å²) < 4.78 is 10.2. The monoisotopic (exact) mass is 319 g/mol. The highest BCUT2D eigenvalue weighted by Gasteiger charge is 2.15. The molecule has 0 spiro atoms. The molecular formula is C16H17NO4S. The summed E-state index contributed by atoms with van der Waals surface area (Å²) in [4.78, 5) is 23.8. The van der Waals surface area contributed by atoms with E-state index in [0.717, 1.165) is 5.75 Å². The Labute approximate surface area is 132 Å². The Balaban J connectivity index is 1.74. The minimum Gasteiger partial charge on any atom is -0.494 e. The van der Waals surface area contributed by atoms with Crippen molar-refractivity contribution in [3.8, 4) is 5.75 Å². The van der Waals surface area contributed by atoms with Gasteiger partial charge in [0.1, 0.15) is 10.6 Å². The molecule has 6 heteroatoms. The van der Waals surface area contributed by atoms with Crippen molar-refractivity contribution in [2.75, 3.05) is 19.0 Å². The molecule has 5 nitrogen and oxygen atoms in total. The Hall–Kier alpha value is -2.34. The summed E-state index contributed by atoms with van der Waals surface area (Å²) >= 11 is 1.24. The van der Waals surface area contributed by atoms with Crippen LogP contribution in [0.2, 0.25) is 0 Å². The largest absolute Gasteiger partial charge is 0.494 e. The van der Waals surface area contributed by atoms with Crippen molar-refractivity contribution < 1.29 is 19.1 Å². The van der Waals surface area contributed by atoms with Crippen LogP contribution >= 0.6 is 11.3 Å². The normalized spacial score (nSPS) is 10.0. The first-order valence-corrected chi connectivity index (χ1v) is 7.72. The van der Waals surface area contributed by atoms with E-state index < -0.39 is 5.97 Å². The molecular weight excluding hydrogens is 302 g/mol. The second-order valence-electron chi connectivity index (χ2n) is 4.47. The van der Waals surface area contributed by atoms with Crippen LogP contribution in [0.4, 0.5) is 5.69 Å². The SMILES string of the molecule is COC(=O)c1sccc1NC(=O)CCCOc1ccccc1. The molecule has 1 heterocycles. The Morgan fingerprint density at radius 1 is 1.18 bits per heavy atom. The predicted octanol–water partition coefficient (Wildman–Crippen LogP) is 3.33. The number of para-hydroxylation sites is 1. The molecule has 1 N–H and O–H groups in total. The number of hydrogen-bond donors (Lipinski definition) is 1. The summed E-state index contributed by atoms with van der Waals surface area (Å²) in [6, 6.07) is 11.1. The number of esters is 1. The maximum atomic E-state index is 11.9. The minimum absolute atomic E-state index is 0.153. The number of carbonyl (C=O) groups is 2. The zero-order chi connectivity index (χ0) is 15.8. The maximum absolute atomic E-state index is 11.9. The quantitative estimate of drug-likeness (QED) is 0.628. The van der Waals surface area contributed by atoms with E-state index in [4.69, 9.17) is 4.74 Å². The number of amides is 1. The molecule has 22 heavy (non-hydrogen) atoms. The van der Waals surface area contributed by atoms with Crippen molar-refractivity contribution in [3.63, 3.8) is 0 Å². The highest BCUT2D eigenvalue weighted by atomic mass is 32.1. The number of ether oxygens (including phenoxy) is 2. The number of methoxy groups -OCH3 is 1. The van der Waals surface area contributed by atoms with Crippen molar-refractivity contribution in [1.29, 1.82) is 0 Å². The average molecular weight is 319 g/mol. The number of rotatable bonds is 7. The topological polar surface area (TPSA) is 64.6 Å². The van der Waals surface area contributed by atoms with E-state index in [2.05, 4.69) is 10.1 Å². The van der Waals surface area contributed by atoms with E-state index >= 15 is 0 Å². The van der Waals surface area contributed by atoms with Gasteiger partial charge in [-0.05, 0) is 30.0 Å². The first-order valence-electron chi connectivity index (χ1n) is 6.84. The molecule has 1 aromatic heterocycles. The molecule has 0 radical (unpaired) electrons. The molecule has 0 atom stereocenters. The highest BCUT2D eigenvalue weighted by molar-refractivity contribution is 7.12. The zero-order valence-electron chi connectivity index (χ0n) is 12.2. The van der Waals surface area contributed by atoms with Gasteiger partial charge in [-0.25, -0.2) is 4.79 Å². The predicted molar refractivity (Wildman–Crippen MR) is 85.5 cm³/mol. The van der Waals surface area contributed by atoms with Crippen molar-refractivity contribution in [3.05, 3.63) is 46.7 Å². The number of benzene rings is 1. The van der Waals surface area contributed by atoms with E-state index in [-0.39, 0.29) is 5.91 Å².